The van der Waals surface area contributed by atoms with Gasteiger partial charge in [0.05, 0.1) is 26.8 Å². The molecule has 200 valence electrons. The number of hydrogen-bond donors (Lipinski definition) is 2. The zero-order valence-corrected chi connectivity index (χ0v) is 21.8. The lowest BCUT2D eigenvalue weighted by molar-refractivity contribution is -0.137. The third-order valence-corrected chi connectivity index (χ3v) is 7.54. The Morgan fingerprint density at radius 2 is 1.74 bits per heavy atom. The molecular weight excluding hydrogens is 519 g/mol. The number of imidazole rings is 1. The average molecular weight is 546 g/mol. The van der Waals surface area contributed by atoms with Crippen LogP contribution >= 0.6 is 11.3 Å². The SMILES string of the molecule is C[C@@H](NC(=O)c1ccc2c(c1)nc(Nc1nc3ccc(C(F)(F)F)cc3s1)n2C)C(=O)N1CCN(C)CC1. The number of hydrogen-bond acceptors (Lipinski definition) is 7. The lowest BCUT2D eigenvalue weighted by Crippen LogP contribution is -2.53. The molecule has 0 radical (unpaired) electrons. The van der Waals surface area contributed by atoms with Crippen molar-refractivity contribution in [3.63, 3.8) is 0 Å². The van der Waals surface area contributed by atoms with Gasteiger partial charge in [0, 0.05) is 38.8 Å². The number of anilines is 2. The Morgan fingerprint density at radius 1 is 1.00 bits per heavy atom. The van der Waals surface area contributed by atoms with Gasteiger partial charge in [-0.2, -0.15) is 13.2 Å². The molecule has 0 saturated carbocycles. The van der Waals surface area contributed by atoms with Gasteiger partial charge in [0.15, 0.2) is 5.13 Å². The van der Waals surface area contributed by atoms with Crippen molar-refractivity contribution in [2.75, 3.05) is 38.5 Å². The molecule has 1 aliphatic rings. The lowest BCUT2D eigenvalue weighted by atomic mass is 10.1. The number of rotatable bonds is 5. The Labute approximate surface area is 220 Å². The maximum absolute atomic E-state index is 13.0. The zero-order chi connectivity index (χ0) is 27.2. The summed E-state index contributed by atoms with van der Waals surface area (Å²) in [4.78, 5) is 38.5. The summed E-state index contributed by atoms with van der Waals surface area (Å²) in [5.41, 5.74) is 1.36. The Balaban J connectivity index is 1.31. The minimum Gasteiger partial charge on any atom is -0.341 e. The van der Waals surface area contributed by atoms with Gasteiger partial charge < -0.3 is 25.0 Å². The molecule has 1 atom stereocenters. The molecule has 1 fully saturated rings. The molecule has 0 bridgehead atoms. The highest BCUT2D eigenvalue weighted by Crippen LogP contribution is 2.35. The van der Waals surface area contributed by atoms with Crippen LogP contribution in [0.3, 0.4) is 0 Å². The fourth-order valence-electron chi connectivity index (χ4n) is 4.35. The van der Waals surface area contributed by atoms with E-state index < -0.39 is 17.8 Å². The Morgan fingerprint density at radius 3 is 2.45 bits per heavy atom. The van der Waals surface area contributed by atoms with Crippen molar-refractivity contribution < 1.29 is 22.8 Å². The van der Waals surface area contributed by atoms with Crippen molar-refractivity contribution in [1.82, 2.24) is 29.7 Å². The van der Waals surface area contributed by atoms with E-state index in [1.807, 2.05) is 7.05 Å². The minimum atomic E-state index is -4.43. The fraction of sp³-hybridized carbons (Fsp3) is 0.360. The second-order valence-electron chi connectivity index (χ2n) is 9.35. The van der Waals surface area contributed by atoms with Crippen LogP contribution < -0.4 is 10.6 Å². The Bertz CT molecular complexity index is 1520. The van der Waals surface area contributed by atoms with Crippen LogP contribution in [0.1, 0.15) is 22.8 Å². The van der Waals surface area contributed by atoms with E-state index in [0.717, 1.165) is 42.1 Å². The van der Waals surface area contributed by atoms with Crippen molar-refractivity contribution in [2.45, 2.75) is 19.1 Å². The summed E-state index contributed by atoms with van der Waals surface area (Å²) in [5, 5.41) is 6.24. The summed E-state index contributed by atoms with van der Waals surface area (Å²) in [6.45, 7) is 4.53. The van der Waals surface area contributed by atoms with Crippen molar-refractivity contribution in [3.05, 3.63) is 47.5 Å². The summed E-state index contributed by atoms with van der Waals surface area (Å²) in [5.74, 6) is -0.0741. The number of halogens is 3. The maximum atomic E-state index is 13.0. The van der Waals surface area contributed by atoms with E-state index in [9.17, 15) is 22.8 Å². The molecule has 3 heterocycles. The van der Waals surface area contributed by atoms with Crippen LogP contribution in [0.2, 0.25) is 0 Å². The molecule has 0 spiro atoms. The first kappa shape index (κ1) is 25.9. The molecule has 13 heteroatoms. The molecule has 4 aromatic rings. The Kier molecular flexibility index (Phi) is 6.73. The summed E-state index contributed by atoms with van der Waals surface area (Å²) in [7, 11) is 3.79. The van der Waals surface area contributed by atoms with Gasteiger partial charge in [0.25, 0.3) is 5.91 Å². The number of alkyl halides is 3. The number of likely N-dealkylation sites (N-methyl/N-ethyl adjacent to an activating group) is 1. The predicted octanol–water partition coefficient (Wildman–Crippen LogP) is 3.84. The number of nitrogens with one attached hydrogen (secondary N) is 2. The summed E-state index contributed by atoms with van der Waals surface area (Å²) in [6.07, 6.45) is -4.43. The van der Waals surface area contributed by atoms with Crippen LogP contribution in [0.5, 0.6) is 0 Å². The number of amides is 2. The number of fused-ring (bicyclic) bond motifs is 2. The van der Waals surface area contributed by atoms with Crippen LogP contribution in [0, 0.1) is 0 Å². The topological polar surface area (TPSA) is 95.4 Å². The van der Waals surface area contributed by atoms with E-state index in [-0.39, 0.29) is 11.8 Å². The monoisotopic (exact) mass is 545 g/mol. The molecule has 1 aliphatic heterocycles. The van der Waals surface area contributed by atoms with Gasteiger partial charge in [-0.1, -0.05) is 11.3 Å². The third kappa shape index (κ3) is 5.16. The van der Waals surface area contributed by atoms with Gasteiger partial charge in [-0.15, -0.1) is 0 Å². The predicted molar refractivity (Wildman–Crippen MR) is 140 cm³/mol. The van der Waals surface area contributed by atoms with E-state index in [1.54, 1.807) is 41.6 Å². The van der Waals surface area contributed by atoms with Crippen molar-refractivity contribution in [3.8, 4) is 0 Å². The summed E-state index contributed by atoms with van der Waals surface area (Å²) >= 11 is 1.09. The summed E-state index contributed by atoms with van der Waals surface area (Å²) in [6, 6.07) is 7.81. The van der Waals surface area contributed by atoms with Gasteiger partial charge >= 0.3 is 6.18 Å². The molecule has 0 aliphatic carbocycles. The molecule has 2 amide bonds. The molecule has 2 aromatic heterocycles. The van der Waals surface area contributed by atoms with E-state index in [2.05, 4.69) is 25.5 Å². The molecule has 5 rings (SSSR count). The second kappa shape index (κ2) is 9.87. The van der Waals surface area contributed by atoms with Gasteiger partial charge in [0.2, 0.25) is 11.9 Å². The molecule has 2 N–H and O–H groups in total. The number of nitrogens with zero attached hydrogens (tertiary/aromatic N) is 5. The first-order chi connectivity index (χ1) is 18.0. The van der Waals surface area contributed by atoms with Crippen molar-refractivity contribution in [1.29, 1.82) is 0 Å². The molecule has 38 heavy (non-hydrogen) atoms. The molecule has 2 aromatic carbocycles. The van der Waals surface area contributed by atoms with E-state index >= 15 is 0 Å². The van der Waals surface area contributed by atoms with Gasteiger partial charge in [0.1, 0.15) is 6.04 Å². The normalized spacial score (nSPS) is 15.7. The number of aryl methyl sites for hydroxylation is 1. The first-order valence-electron chi connectivity index (χ1n) is 12.0. The van der Waals surface area contributed by atoms with Crippen LogP contribution in [-0.4, -0.2) is 75.4 Å². The molecule has 1 saturated heterocycles. The molecule has 0 unspecified atom stereocenters. The number of benzene rings is 2. The Hall–Kier alpha value is -3.71. The van der Waals surface area contributed by atoms with Crippen LogP contribution in [0.4, 0.5) is 24.3 Å². The van der Waals surface area contributed by atoms with E-state index in [0.29, 0.717) is 45.5 Å². The highest BCUT2D eigenvalue weighted by Gasteiger charge is 2.31. The molecular formula is C25H26F3N7O2S. The van der Waals surface area contributed by atoms with Gasteiger partial charge in [-0.3, -0.25) is 9.59 Å². The lowest BCUT2D eigenvalue weighted by Gasteiger charge is -2.34. The number of carbonyl (C=O) groups is 2. The van der Waals surface area contributed by atoms with Crippen LogP contribution in [0.15, 0.2) is 36.4 Å². The number of carbonyl (C=O) groups excluding carboxylic acids is 2. The molecule has 9 nitrogen and oxygen atoms in total. The standard InChI is InChI=1S/C25H26F3N7O2S/c1-14(22(37)35-10-8-33(2)9-11-35)29-21(36)15-4-7-19-18(12-15)30-23(34(19)3)32-24-31-17-6-5-16(25(26,27)28)13-20(17)38-24/h4-7,12-14H,8-11H2,1-3H3,(H,29,36)(H,30,31,32)/t14-/m1/s1. The van der Waals surface area contributed by atoms with E-state index in [4.69, 9.17) is 0 Å². The van der Waals surface area contributed by atoms with Crippen LogP contribution in [-0.2, 0) is 18.0 Å². The number of aromatic nitrogens is 3. The zero-order valence-electron chi connectivity index (χ0n) is 21.0. The van der Waals surface area contributed by atoms with Gasteiger partial charge in [-0.25, -0.2) is 9.97 Å². The minimum absolute atomic E-state index is 0.116. The van der Waals surface area contributed by atoms with Crippen molar-refractivity contribution >= 4 is 55.5 Å². The highest BCUT2D eigenvalue weighted by atomic mass is 32.1. The first-order valence-corrected chi connectivity index (χ1v) is 12.8. The number of piperazine rings is 1. The third-order valence-electron chi connectivity index (χ3n) is 6.61. The largest absolute Gasteiger partial charge is 0.416 e. The smallest absolute Gasteiger partial charge is 0.341 e. The van der Waals surface area contributed by atoms with Gasteiger partial charge in [-0.05, 0) is 50.4 Å². The summed E-state index contributed by atoms with van der Waals surface area (Å²) < 4.78 is 41.3. The van der Waals surface area contributed by atoms with Crippen LogP contribution in [0.25, 0.3) is 21.3 Å². The maximum Gasteiger partial charge on any atom is 0.416 e. The highest BCUT2D eigenvalue weighted by molar-refractivity contribution is 7.22. The van der Waals surface area contributed by atoms with Crippen molar-refractivity contribution in [2.24, 2.45) is 7.05 Å². The number of thiazole rings is 1. The average Bonchev–Trinajstić information content (AvgIpc) is 3.42. The second-order valence-corrected chi connectivity index (χ2v) is 10.4. The van der Waals surface area contributed by atoms with E-state index in [1.165, 1.54) is 6.07 Å². The quantitative estimate of drug-likeness (QED) is 0.396. The fourth-order valence-corrected chi connectivity index (χ4v) is 5.24.